The van der Waals surface area contributed by atoms with Gasteiger partial charge in [-0.2, -0.15) is 0 Å². The molecule has 5 heteroatoms. The molecule has 1 heterocycles. The van der Waals surface area contributed by atoms with E-state index >= 15 is 0 Å². The maximum Gasteiger partial charge on any atom is 0.298 e. The molecule has 0 N–H and O–H groups in total. The quantitative estimate of drug-likeness (QED) is 0.633. The zero-order valence-electron chi connectivity index (χ0n) is 13.7. The van der Waals surface area contributed by atoms with Gasteiger partial charge in [0.05, 0.1) is 0 Å². The van der Waals surface area contributed by atoms with Gasteiger partial charge in [0.25, 0.3) is 5.91 Å². The van der Waals surface area contributed by atoms with E-state index in [0.29, 0.717) is 0 Å². The van der Waals surface area contributed by atoms with Crippen molar-refractivity contribution in [1.29, 1.82) is 0 Å². The van der Waals surface area contributed by atoms with E-state index in [0.717, 1.165) is 47.2 Å². The van der Waals surface area contributed by atoms with E-state index < -0.39 is 0 Å². The molecule has 0 spiro atoms. The molecule has 0 saturated carbocycles. The Morgan fingerprint density at radius 3 is 2.04 bits per heavy atom. The lowest BCUT2D eigenvalue weighted by Crippen LogP contribution is -2.47. The summed E-state index contributed by atoms with van der Waals surface area (Å²) in [6.45, 7) is 4.12. The summed E-state index contributed by atoms with van der Waals surface area (Å²) in [7, 11) is 0. The minimum Gasteiger partial charge on any atom is -0.329 e. The lowest BCUT2D eigenvalue weighted by Gasteiger charge is -2.33. The van der Waals surface area contributed by atoms with Crippen molar-refractivity contribution in [3.8, 4) is 11.8 Å². The molecule has 0 unspecified atom stereocenters. The summed E-state index contributed by atoms with van der Waals surface area (Å²) in [6.07, 6.45) is 0. The number of hydrogen-bond donors (Lipinski definition) is 0. The van der Waals surface area contributed by atoms with E-state index in [2.05, 4.69) is 72.9 Å². The number of amides is 1. The number of piperazine rings is 1. The van der Waals surface area contributed by atoms with Gasteiger partial charge in [-0.15, -0.1) is 0 Å². The van der Waals surface area contributed by atoms with Crippen molar-refractivity contribution in [3.05, 3.63) is 68.6 Å². The lowest BCUT2D eigenvalue weighted by molar-refractivity contribution is -0.126. The van der Waals surface area contributed by atoms with E-state index in [1.165, 1.54) is 5.56 Å². The minimum atomic E-state index is -0.0915. The molecule has 1 saturated heterocycles. The SMILES string of the molecule is O=C(C#Cc1ccc(Br)cc1)N1CCN(Cc2ccc(Br)cc2)CC1. The monoisotopic (exact) mass is 460 g/mol. The average molecular weight is 462 g/mol. The van der Waals surface area contributed by atoms with Crippen LogP contribution in [-0.2, 0) is 11.3 Å². The molecule has 1 aliphatic heterocycles. The lowest BCUT2D eigenvalue weighted by atomic mass is 10.2. The van der Waals surface area contributed by atoms with Crippen LogP contribution in [0.3, 0.4) is 0 Å². The fourth-order valence-electron chi connectivity index (χ4n) is 2.70. The first-order chi connectivity index (χ1) is 12.1. The molecule has 128 valence electrons. The fourth-order valence-corrected chi connectivity index (χ4v) is 3.22. The number of rotatable bonds is 2. The Kier molecular flexibility index (Phi) is 6.30. The summed E-state index contributed by atoms with van der Waals surface area (Å²) < 4.78 is 2.10. The number of hydrogen-bond acceptors (Lipinski definition) is 2. The van der Waals surface area contributed by atoms with E-state index in [-0.39, 0.29) is 5.91 Å². The number of carbonyl (C=O) groups excluding carboxylic acids is 1. The van der Waals surface area contributed by atoms with Gasteiger partial charge in [-0.3, -0.25) is 9.69 Å². The molecule has 1 fully saturated rings. The van der Waals surface area contributed by atoms with Crippen LogP contribution in [0, 0.1) is 11.8 Å². The first-order valence-corrected chi connectivity index (χ1v) is 9.72. The van der Waals surface area contributed by atoms with Crippen molar-refractivity contribution in [2.24, 2.45) is 0 Å². The minimum absolute atomic E-state index is 0.0915. The van der Waals surface area contributed by atoms with Crippen molar-refractivity contribution in [2.45, 2.75) is 6.54 Å². The third-order valence-corrected chi connectivity index (χ3v) is 5.19. The van der Waals surface area contributed by atoms with Gasteiger partial charge in [-0.25, -0.2) is 0 Å². The number of carbonyl (C=O) groups is 1. The van der Waals surface area contributed by atoms with Crippen molar-refractivity contribution in [2.75, 3.05) is 26.2 Å². The summed E-state index contributed by atoms with van der Waals surface area (Å²) in [5.41, 5.74) is 2.14. The van der Waals surface area contributed by atoms with Gasteiger partial charge in [0, 0.05) is 53.2 Å². The zero-order chi connectivity index (χ0) is 17.6. The normalized spacial score (nSPS) is 14.7. The number of halogens is 2. The molecule has 0 atom stereocenters. The van der Waals surface area contributed by atoms with E-state index in [4.69, 9.17) is 0 Å². The Labute approximate surface area is 165 Å². The Bertz CT molecular complexity index is 783. The van der Waals surface area contributed by atoms with Crippen LogP contribution in [0.15, 0.2) is 57.5 Å². The zero-order valence-corrected chi connectivity index (χ0v) is 16.9. The average Bonchev–Trinajstić information content (AvgIpc) is 2.63. The van der Waals surface area contributed by atoms with Crippen molar-refractivity contribution >= 4 is 37.8 Å². The first kappa shape index (κ1) is 18.2. The van der Waals surface area contributed by atoms with Crippen LogP contribution >= 0.6 is 31.9 Å². The second-order valence-electron chi connectivity index (χ2n) is 5.95. The third-order valence-electron chi connectivity index (χ3n) is 4.14. The van der Waals surface area contributed by atoms with E-state index in [9.17, 15) is 4.79 Å². The van der Waals surface area contributed by atoms with Crippen molar-refractivity contribution < 1.29 is 4.79 Å². The molecular formula is C20H18Br2N2O. The summed E-state index contributed by atoms with van der Waals surface area (Å²) in [4.78, 5) is 16.5. The molecule has 0 aromatic heterocycles. The van der Waals surface area contributed by atoms with Gasteiger partial charge in [0.1, 0.15) is 0 Å². The predicted octanol–water partition coefficient (Wildman–Crippen LogP) is 3.91. The fraction of sp³-hybridized carbons (Fsp3) is 0.250. The molecular weight excluding hydrogens is 444 g/mol. The summed E-state index contributed by atoms with van der Waals surface area (Å²) >= 11 is 6.85. The summed E-state index contributed by atoms with van der Waals surface area (Å²) in [6, 6.07) is 16.0. The topological polar surface area (TPSA) is 23.6 Å². The molecule has 3 nitrogen and oxygen atoms in total. The third kappa shape index (κ3) is 5.43. The standard InChI is InChI=1S/C20H18Br2N2O/c21-18-6-1-16(2-7-18)5-10-20(25)24-13-11-23(12-14-24)15-17-3-8-19(22)9-4-17/h1-4,6-9H,11-15H2. The first-order valence-electron chi connectivity index (χ1n) is 8.13. The molecule has 3 rings (SSSR count). The second kappa shape index (κ2) is 8.66. The highest BCUT2D eigenvalue weighted by Crippen LogP contribution is 2.13. The highest BCUT2D eigenvalue weighted by Gasteiger charge is 2.19. The maximum atomic E-state index is 12.3. The summed E-state index contributed by atoms with van der Waals surface area (Å²) in [5, 5.41) is 0. The number of nitrogens with zero attached hydrogens (tertiary/aromatic N) is 2. The van der Waals surface area contributed by atoms with Gasteiger partial charge in [0.2, 0.25) is 0 Å². The van der Waals surface area contributed by atoms with Gasteiger partial charge < -0.3 is 4.90 Å². The van der Waals surface area contributed by atoms with E-state index in [1.54, 1.807) is 0 Å². The van der Waals surface area contributed by atoms with Gasteiger partial charge in [-0.05, 0) is 42.0 Å². The summed E-state index contributed by atoms with van der Waals surface area (Å²) in [5.74, 6) is 5.61. The molecule has 25 heavy (non-hydrogen) atoms. The van der Waals surface area contributed by atoms with Crippen LogP contribution in [0.1, 0.15) is 11.1 Å². The predicted molar refractivity (Wildman–Crippen MR) is 107 cm³/mol. The van der Waals surface area contributed by atoms with Crippen LogP contribution in [0.25, 0.3) is 0 Å². The molecule has 1 amide bonds. The van der Waals surface area contributed by atoms with E-state index in [1.807, 2.05) is 29.2 Å². The second-order valence-corrected chi connectivity index (χ2v) is 7.78. The van der Waals surface area contributed by atoms with Gasteiger partial charge in [-0.1, -0.05) is 49.9 Å². The molecule has 2 aromatic carbocycles. The Hall–Kier alpha value is -1.61. The smallest absolute Gasteiger partial charge is 0.298 e. The van der Waals surface area contributed by atoms with Crippen LogP contribution in [-0.4, -0.2) is 41.9 Å². The van der Waals surface area contributed by atoms with Gasteiger partial charge >= 0.3 is 0 Å². The van der Waals surface area contributed by atoms with Crippen LogP contribution < -0.4 is 0 Å². The van der Waals surface area contributed by atoms with Crippen LogP contribution in [0.5, 0.6) is 0 Å². The highest BCUT2D eigenvalue weighted by molar-refractivity contribution is 9.10. The Morgan fingerprint density at radius 1 is 0.880 bits per heavy atom. The molecule has 0 bridgehead atoms. The molecule has 1 aliphatic rings. The Balaban J connectivity index is 1.51. The molecule has 0 aliphatic carbocycles. The highest BCUT2D eigenvalue weighted by atomic mass is 79.9. The Morgan fingerprint density at radius 2 is 1.44 bits per heavy atom. The van der Waals surface area contributed by atoms with Crippen molar-refractivity contribution in [1.82, 2.24) is 9.80 Å². The van der Waals surface area contributed by atoms with Crippen LogP contribution in [0.2, 0.25) is 0 Å². The largest absolute Gasteiger partial charge is 0.329 e. The number of benzene rings is 2. The van der Waals surface area contributed by atoms with Crippen LogP contribution in [0.4, 0.5) is 0 Å². The molecule has 0 radical (unpaired) electrons. The maximum absolute atomic E-state index is 12.3. The van der Waals surface area contributed by atoms with Gasteiger partial charge in [0.15, 0.2) is 0 Å². The van der Waals surface area contributed by atoms with Crippen molar-refractivity contribution in [3.63, 3.8) is 0 Å². The molecule has 2 aromatic rings.